The number of hydrogen-bond acceptors (Lipinski definition) is 5. The van der Waals surface area contributed by atoms with Crippen LogP contribution in [0.5, 0.6) is 0 Å². The number of allylic oxidation sites excluding steroid dienone is 2. The highest BCUT2D eigenvalue weighted by Crippen LogP contribution is 2.75. The number of fused-ring (bicyclic) bond motifs is 7. The van der Waals surface area contributed by atoms with Crippen LogP contribution in [0.1, 0.15) is 86.5 Å². The van der Waals surface area contributed by atoms with Crippen molar-refractivity contribution >= 4 is 5.97 Å². The van der Waals surface area contributed by atoms with Gasteiger partial charge in [0, 0.05) is 11.3 Å². The van der Waals surface area contributed by atoms with E-state index in [9.17, 15) is 30.3 Å². The molecule has 0 radical (unpaired) electrons. The highest BCUT2D eigenvalue weighted by Gasteiger charge is 2.72. The molecule has 36 heavy (non-hydrogen) atoms. The summed E-state index contributed by atoms with van der Waals surface area (Å²) in [7, 11) is 0. The lowest BCUT2D eigenvalue weighted by Gasteiger charge is -2.72. The Morgan fingerprint density at radius 1 is 1.00 bits per heavy atom. The molecule has 204 valence electrons. The molecule has 5 rings (SSSR count). The minimum atomic E-state index is -1.08. The van der Waals surface area contributed by atoms with Gasteiger partial charge in [-0.1, -0.05) is 53.2 Å². The monoisotopic (exact) mass is 504 g/mol. The van der Waals surface area contributed by atoms with Gasteiger partial charge >= 0.3 is 5.97 Å². The lowest BCUT2D eigenvalue weighted by atomic mass is 9.32. The third kappa shape index (κ3) is 2.96. The second kappa shape index (κ2) is 8.03. The lowest BCUT2D eigenvalue weighted by molar-refractivity contribution is -0.273. The summed E-state index contributed by atoms with van der Waals surface area (Å²) in [6, 6.07) is 0. The molecule has 0 aromatic carbocycles. The maximum atomic E-state index is 12.8. The van der Waals surface area contributed by atoms with Gasteiger partial charge in [0.25, 0.3) is 0 Å². The van der Waals surface area contributed by atoms with Crippen molar-refractivity contribution in [3.8, 4) is 0 Å². The molecule has 4 fully saturated rings. The molecule has 0 aliphatic heterocycles. The molecule has 13 atom stereocenters. The molecule has 0 saturated heterocycles. The van der Waals surface area contributed by atoms with Crippen LogP contribution in [0, 0.1) is 56.7 Å². The molecule has 0 spiro atoms. The number of aliphatic carboxylic acids is 1. The maximum Gasteiger partial charge on any atom is 0.310 e. The molecule has 5 aliphatic carbocycles. The molecule has 0 amide bonds. The zero-order valence-corrected chi connectivity index (χ0v) is 23.0. The second-order valence-corrected chi connectivity index (χ2v) is 14.6. The van der Waals surface area contributed by atoms with E-state index in [4.69, 9.17) is 0 Å². The SMILES string of the molecule is C[C@H]1CC[C@@]2(C(=O)O)CC[C@@]3(C)C(=CCC4[C@]5(C)C[C@@H](O)[C@@H](O)[C@](C)(CO)C5[C@H](O)C[C@]43C)C2[C@@H]1C. The summed E-state index contributed by atoms with van der Waals surface area (Å²) in [4.78, 5) is 12.8. The van der Waals surface area contributed by atoms with Gasteiger partial charge in [0.2, 0.25) is 0 Å². The van der Waals surface area contributed by atoms with Crippen LogP contribution in [0.3, 0.4) is 0 Å². The van der Waals surface area contributed by atoms with E-state index in [2.05, 4.69) is 40.7 Å². The molecule has 5 N–H and O–H groups in total. The highest BCUT2D eigenvalue weighted by molar-refractivity contribution is 5.76. The number of hydrogen-bond donors (Lipinski definition) is 5. The first kappa shape index (κ1) is 26.6. The summed E-state index contributed by atoms with van der Waals surface area (Å²) in [5.41, 5.74) is -1.41. The molecular formula is C30H48O6. The second-order valence-electron chi connectivity index (χ2n) is 14.6. The molecule has 0 bridgehead atoms. The first-order chi connectivity index (χ1) is 16.6. The van der Waals surface area contributed by atoms with Crippen LogP contribution in [0.2, 0.25) is 0 Å². The van der Waals surface area contributed by atoms with Crippen LogP contribution in [-0.4, -0.2) is 56.4 Å². The van der Waals surface area contributed by atoms with Crippen LogP contribution in [0.4, 0.5) is 0 Å². The van der Waals surface area contributed by atoms with E-state index in [0.29, 0.717) is 25.2 Å². The highest BCUT2D eigenvalue weighted by atomic mass is 16.4. The van der Waals surface area contributed by atoms with Crippen molar-refractivity contribution in [3.63, 3.8) is 0 Å². The van der Waals surface area contributed by atoms with E-state index >= 15 is 0 Å². The van der Waals surface area contributed by atoms with Crippen molar-refractivity contribution in [2.45, 2.75) is 105 Å². The minimum Gasteiger partial charge on any atom is -0.481 e. The standard InChI is InChI=1S/C30H48O6/c1-16-9-10-30(25(35)36)12-11-28(5)18(22(30)17(16)2)7-8-21-26(3)13-20(33)24(34)27(4,15-31)23(26)19(32)14-29(21,28)6/h7,16-17,19-24,31-34H,8-15H2,1-6H3,(H,35,36)/t16-,17+,19+,20+,21?,22?,23?,24+,26-,27+,28-,29+,30+/m0/s1. The summed E-state index contributed by atoms with van der Waals surface area (Å²) in [6.07, 6.45) is 4.44. The van der Waals surface area contributed by atoms with E-state index in [1.807, 2.05) is 6.92 Å². The van der Waals surface area contributed by atoms with Crippen molar-refractivity contribution < 1.29 is 30.3 Å². The number of carbonyl (C=O) groups is 1. The van der Waals surface area contributed by atoms with Gasteiger partial charge in [-0.3, -0.25) is 4.79 Å². The Morgan fingerprint density at radius 3 is 2.28 bits per heavy atom. The van der Waals surface area contributed by atoms with E-state index in [-0.39, 0.29) is 41.1 Å². The smallest absolute Gasteiger partial charge is 0.310 e. The van der Waals surface area contributed by atoms with Crippen LogP contribution in [0.25, 0.3) is 0 Å². The zero-order chi connectivity index (χ0) is 26.6. The summed E-state index contributed by atoms with van der Waals surface area (Å²) in [6.45, 7) is 12.8. The lowest BCUT2D eigenvalue weighted by Crippen LogP contribution is -2.71. The van der Waals surface area contributed by atoms with Crippen LogP contribution >= 0.6 is 0 Å². The Morgan fingerprint density at radius 2 is 1.67 bits per heavy atom. The quantitative estimate of drug-likeness (QED) is 0.363. The van der Waals surface area contributed by atoms with Crippen molar-refractivity contribution in [1.29, 1.82) is 0 Å². The fraction of sp³-hybridized carbons (Fsp3) is 0.900. The predicted molar refractivity (Wildman–Crippen MR) is 137 cm³/mol. The van der Waals surface area contributed by atoms with Gasteiger partial charge in [-0.2, -0.15) is 0 Å². The van der Waals surface area contributed by atoms with Crippen LogP contribution < -0.4 is 0 Å². The molecule has 4 saturated carbocycles. The van der Waals surface area contributed by atoms with Gasteiger partial charge < -0.3 is 25.5 Å². The molecule has 0 heterocycles. The van der Waals surface area contributed by atoms with E-state index < -0.39 is 40.5 Å². The molecule has 0 aromatic heterocycles. The van der Waals surface area contributed by atoms with Gasteiger partial charge in [-0.15, -0.1) is 0 Å². The Balaban J connectivity index is 1.65. The van der Waals surface area contributed by atoms with Gasteiger partial charge in [0.15, 0.2) is 0 Å². The third-order valence-corrected chi connectivity index (χ3v) is 13.4. The Bertz CT molecular complexity index is 963. The minimum absolute atomic E-state index is 0.000534. The summed E-state index contributed by atoms with van der Waals surface area (Å²) in [5.74, 6) is -0.0914. The summed E-state index contributed by atoms with van der Waals surface area (Å²) in [5, 5.41) is 54.7. The normalized spacial score (nSPS) is 58.6. The fourth-order valence-corrected chi connectivity index (χ4v) is 11.2. The Hall–Kier alpha value is -0.950. The molecule has 0 aromatic rings. The molecule has 5 aliphatic rings. The van der Waals surface area contributed by atoms with E-state index in [0.717, 1.165) is 25.7 Å². The molecule has 6 nitrogen and oxygen atoms in total. The van der Waals surface area contributed by atoms with Crippen molar-refractivity contribution in [1.82, 2.24) is 0 Å². The summed E-state index contributed by atoms with van der Waals surface area (Å²) < 4.78 is 0. The average Bonchev–Trinajstić information content (AvgIpc) is 2.80. The molecule has 6 heteroatoms. The summed E-state index contributed by atoms with van der Waals surface area (Å²) >= 11 is 0. The third-order valence-electron chi connectivity index (χ3n) is 13.4. The number of rotatable bonds is 2. The van der Waals surface area contributed by atoms with Crippen LogP contribution in [0.15, 0.2) is 11.6 Å². The number of carboxylic acid groups (broad SMARTS) is 1. The number of aliphatic hydroxyl groups is 4. The van der Waals surface area contributed by atoms with Crippen molar-refractivity contribution in [3.05, 3.63) is 11.6 Å². The topological polar surface area (TPSA) is 118 Å². The fourth-order valence-electron chi connectivity index (χ4n) is 11.2. The zero-order valence-electron chi connectivity index (χ0n) is 23.0. The Labute approximate surface area is 216 Å². The Kier molecular flexibility index (Phi) is 5.95. The average molecular weight is 505 g/mol. The van der Waals surface area contributed by atoms with Gasteiger partial charge in [0.1, 0.15) is 0 Å². The first-order valence-corrected chi connectivity index (χ1v) is 14.2. The van der Waals surface area contributed by atoms with Crippen LogP contribution in [-0.2, 0) is 4.79 Å². The van der Waals surface area contributed by atoms with Gasteiger partial charge in [-0.25, -0.2) is 0 Å². The van der Waals surface area contributed by atoms with Gasteiger partial charge in [0.05, 0.1) is 30.3 Å². The van der Waals surface area contributed by atoms with E-state index in [1.165, 1.54) is 5.57 Å². The molecular weight excluding hydrogens is 456 g/mol. The van der Waals surface area contributed by atoms with Crippen molar-refractivity contribution in [2.24, 2.45) is 56.7 Å². The number of aliphatic hydroxyl groups excluding tert-OH is 4. The van der Waals surface area contributed by atoms with Crippen molar-refractivity contribution in [2.75, 3.05) is 6.61 Å². The maximum absolute atomic E-state index is 12.8. The molecule has 3 unspecified atom stereocenters. The first-order valence-electron chi connectivity index (χ1n) is 14.2. The van der Waals surface area contributed by atoms with Gasteiger partial charge in [-0.05, 0) is 84.9 Å². The largest absolute Gasteiger partial charge is 0.481 e. The van der Waals surface area contributed by atoms with E-state index in [1.54, 1.807) is 0 Å². The predicted octanol–water partition coefficient (Wildman–Crippen LogP) is 4.00. The number of carboxylic acids is 1.